The van der Waals surface area contributed by atoms with Crippen LogP contribution in [0.4, 0.5) is 0 Å². The Hall–Kier alpha value is -3.98. The Bertz CT molecular complexity index is 2040. The molecule has 0 nitrogen and oxygen atoms in total. The van der Waals surface area contributed by atoms with Gasteiger partial charge in [-0.25, -0.2) is 0 Å². The van der Waals surface area contributed by atoms with Crippen LogP contribution in [0.15, 0.2) is 121 Å². The summed E-state index contributed by atoms with van der Waals surface area (Å²) in [5, 5.41) is 4.96. The first-order valence-corrected chi connectivity index (χ1v) is 14.4. The highest BCUT2D eigenvalue weighted by Crippen LogP contribution is 2.65. The summed E-state index contributed by atoms with van der Waals surface area (Å²) in [6, 6.07) is 43.2. The lowest BCUT2D eigenvalue weighted by Crippen LogP contribution is -2.25. The number of thiophene rings is 2. The van der Waals surface area contributed by atoms with Gasteiger partial charge in [0, 0.05) is 25.0 Å². The number of fused-ring (bicyclic) bond motifs is 9. The Morgan fingerprint density at radius 3 is 2.19 bits per heavy atom. The Morgan fingerprint density at radius 2 is 1.24 bits per heavy atom. The summed E-state index contributed by atoms with van der Waals surface area (Å²) in [4.78, 5) is 1.42. The van der Waals surface area contributed by atoms with E-state index in [-0.39, 0.29) is 5.41 Å². The monoisotopic (exact) mass is 504 g/mol. The zero-order chi connectivity index (χ0) is 24.1. The average molecular weight is 505 g/mol. The van der Waals surface area contributed by atoms with Crippen LogP contribution in [0.1, 0.15) is 22.3 Å². The van der Waals surface area contributed by atoms with Gasteiger partial charge in [0.1, 0.15) is 0 Å². The lowest BCUT2D eigenvalue weighted by Gasteiger charge is -2.30. The Balaban J connectivity index is 1.29. The predicted octanol–water partition coefficient (Wildman–Crippen LogP) is 10.1. The van der Waals surface area contributed by atoms with Gasteiger partial charge in [0.15, 0.2) is 0 Å². The van der Waals surface area contributed by atoms with Crippen molar-refractivity contribution >= 4 is 42.8 Å². The minimum absolute atomic E-state index is 0.236. The van der Waals surface area contributed by atoms with Crippen molar-refractivity contribution in [3.8, 4) is 32.7 Å². The lowest BCUT2D eigenvalue weighted by atomic mass is 9.70. The quantitative estimate of drug-likeness (QED) is 0.220. The Kier molecular flexibility index (Phi) is 3.84. The molecule has 0 spiro atoms. The van der Waals surface area contributed by atoms with E-state index in [1.165, 1.54) is 75.1 Å². The molecule has 2 heteroatoms. The molecule has 2 aliphatic rings. The van der Waals surface area contributed by atoms with E-state index in [9.17, 15) is 0 Å². The molecule has 0 N–H and O–H groups in total. The van der Waals surface area contributed by atoms with E-state index in [0.717, 1.165) is 0 Å². The van der Waals surface area contributed by atoms with Gasteiger partial charge < -0.3 is 0 Å². The molecule has 2 heterocycles. The molecule has 2 aliphatic carbocycles. The van der Waals surface area contributed by atoms with Crippen molar-refractivity contribution in [3.63, 3.8) is 0 Å². The van der Waals surface area contributed by atoms with Crippen LogP contribution in [0.25, 0.3) is 52.9 Å². The molecule has 0 aliphatic heterocycles. The van der Waals surface area contributed by atoms with Gasteiger partial charge in [-0.1, -0.05) is 103 Å². The minimum atomic E-state index is -0.236. The van der Waals surface area contributed by atoms with Crippen LogP contribution in [0, 0.1) is 0 Å². The van der Waals surface area contributed by atoms with Crippen LogP contribution in [0.5, 0.6) is 0 Å². The maximum atomic E-state index is 2.39. The van der Waals surface area contributed by atoms with Gasteiger partial charge in [-0.05, 0) is 67.6 Å². The second-order valence-corrected chi connectivity index (χ2v) is 12.0. The van der Waals surface area contributed by atoms with Gasteiger partial charge in [-0.2, -0.15) is 0 Å². The molecular weight excluding hydrogens is 485 g/mol. The highest BCUT2D eigenvalue weighted by atomic mass is 32.1. The molecule has 0 bridgehead atoms. The van der Waals surface area contributed by atoms with Gasteiger partial charge in [0.05, 0.1) is 5.41 Å². The third-order valence-electron chi connectivity index (χ3n) is 8.41. The van der Waals surface area contributed by atoms with E-state index < -0.39 is 0 Å². The minimum Gasteiger partial charge on any atom is -0.143 e. The molecule has 9 rings (SSSR count). The van der Waals surface area contributed by atoms with Gasteiger partial charge in [-0.15, -0.1) is 22.7 Å². The molecule has 0 saturated heterocycles. The second kappa shape index (κ2) is 7.07. The summed E-state index contributed by atoms with van der Waals surface area (Å²) in [6.07, 6.45) is 0. The summed E-state index contributed by atoms with van der Waals surface area (Å²) in [6.45, 7) is 0. The summed E-state index contributed by atoms with van der Waals surface area (Å²) >= 11 is 3.77. The van der Waals surface area contributed by atoms with Crippen LogP contribution in [0.2, 0.25) is 0 Å². The lowest BCUT2D eigenvalue weighted by molar-refractivity contribution is 0.794. The molecule has 5 aromatic carbocycles. The fraction of sp³-hybridized carbons (Fsp3) is 0.0286. The van der Waals surface area contributed by atoms with Crippen LogP contribution >= 0.6 is 22.7 Å². The number of hydrogen-bond donors (Lipinski definition) is 0. The molecule has 1 atom stereocenters. The van der Waals surface area contributed by atoms with E-state index in [1.807, 2.05) is 22.7 Å². The number of hydrogen-bond acceptors (Lipinski definition) is 2. The van der Waals surface area contributed by atoms with Crippen LogP contribution in [0.3, 0.4) is 0 Å². The van der Waals surface area contributed by atoms with Crippen LogP contribution in [-0.2, 0) is 5.41 Å². The summed E-state index contributed by atoms with van der Waals surface area (Å²) in [7, 11) is 0. The molecule has 0 fully saturated rings. The molecular formula is C35H20S2. The van der Waals surface area contributed by atoms with Crippen molar-refractivity contribution in [2.24, 2.45) is 0 Å². The van der Waals surface area contributed by atoms with E-state index in [4.69, 9.17) is 0 Å². The SMILES string of the molecule is c1ccc2c(c1)-c1cccc3c1C2(c1ccc(-c2cccc4c2sc2ccccc24)cc1)c1ccsc1-3. The van der Waals surface area contributed by atoms with E-state index >= 15 is 0 Å². The van der Waals surface area contributed by atoms with Crippen molar-refractivity contribution in [2.75, 3.05) is 0 Å². The molecule has 0 radical (unpaired) electrons. The molecule has 0 amide bonds. The van der Waals surface area contributed by atoms with Crippen molar-refractivity contribution in [2.45, 2.75) is 5.41 Å². The van der Waals surface area contributed by atoms with Crippen LogP contribution in [-0.4, -0.2) is 0 Å². The van der Waals surface area contributed by atoms with Gasteiger partial charge >= 0.3 is 0 Å². The zero-order valence-corrected chi connectivity index (χ0v) is 21.5. The third-order valence-corrected chi connectivity index (χ3v) is 10.6. The number of rotatable bonds is 2. The fourth-order valence-corrected chi connectivity index (χ4v) is 9.20. The molecule has 7 aromatic rings. The molecule has 1 unspecified atom stereocenters. The molecule has 0 saturated carbocycles. The fourth-order valence-electron chi connectivity index (χ4n) is 6.97. The van der Waals surface area contributed by atoms with Gasteiger partial charge in [0.25, 0.3) is 0 Å². The van der Waals surface area contributed by atoms with Crippen molar-refractivity contribution in [1.29, 1.82) is 0 Å². The predicted molar refractivity (Wildman–Crippen MR) is 159 cm³/mol. The smallest absolute Gasteiger partial charge is 0.0734 e. The zero-order valence-electron chi connectivity index (χ0n) is 19.9. The third kappa shape index (κ3) is 2.38. The highest BCUT2D eigenvalue weighted by molar-refractivity contribution is 7.26. The normalized spacial score (nSPS) is 16.8. The van der Waals surface area contributed by atoms with E-state index in [2.05, 4.69) is 121 Å². The molecule has 2 aromatic heterocycles. The highest BCUT2D eigenvalue weighted by Gasteiger charge is 2.52. The first-order valence-electron chi connectivity index (χ1n) is 12.7. The summed E-state index contributed by atoms with van der Waals surface area (Å²) in [5.74, 6) is 0. The molecule has 172 valence electrons. The van der Waals surface area contributed by atoms with Crippen molar-refractivity contribution in [3.05, 3.63) is 143 Å². The van der Waals surface area contributed by atoms with Crippen LogP contribution < -0.4 is 0 Å². The summed E-state index contributed by atoms with van der Waals surface area (Å²) < 4.78 is 2.72. The Labute approximate surface area is 223 Å². The Morgan fingerprint density at radius 1 is 0.514 bits per heavy atom. The first kappa shape index (κ1) is 20.1. The first-order chi connectivity index (χ1) is 18.4. The number of benzene rings is 5. The largest absolute Gasteiger partial charge is 0.143 e. The topological polar surface area (TPSA) is 0 Å². The maximum absolute atomic E-state index is 2.39. The van der Waals surface area contributed by atoms with E-state index in [1.54, 1.807) is 0 Å². The van der Waals surface area contributed by atoms with Gasteiger partial charge in [-0.3, -0.25) is 0 Å². The second-order valence-electron chi connectivity index (χ2n) is 10.0. The van der Waals surface area contributed by atoms with Crippen molar-refractivity contribution in [1.82, 2.24) is 0 Å². The van der Waals surface area contributed by atoms with Crippen molar-refractivity contribution < 1.29 is 0 Å². The standard InChI is InChI=1S/C35H20S2/c1-3-13-29-24(7-1)26-10-6-12-28-32(26)35(29,30-19-20-36-34(28)30)22-17-15-21(16-18-22)23-9-5-11-27-25-8-2-4-14-31(25)37-33(23)27/h1-20H. The summed E-state index contributed by atoms with van der Waals surface area (Å²) in [5.41, 5.74) is 12.2. The molecule has 37 heavy (non-hydrogen) atoms. The van der Waals surface area contributed by atoms with Gasteiger partial charge in [0.2, 0.25) is 0 Å². The average Bonchev–Trinajstić information content (AvgIpc) is 3.71. The van der Waals surface area contributed by atoms with E-state index in [0.29, 0.717) is 0 Å². The maximum Gasteiger partial charge on any atom is 0.0734 e.